The van der Waals surface area contributed by atoms with Crippen molar-refractivity contribution < 1.29 is 19.1 Å². The maximum Gasteiger partial charge on any atom is 0.335 e. The molecule has 5 rings (SSSR count). The lowest BCUT2D eigenvalue weighted by Crippen LogP contribution is -2.54. The molecule has 0 unspecified atom stereocenters. The van der Waals surface area contributed by atoms with Crippen molar-refractivity contribution in [3.8, 4) is 5.75 Å². The van der Waals surface area contributed by atoms with Gasteiger partial charge in [0.05, 0.1) is 10.2 Å². The SMILES string of the molecule is Cc1cccc(N2C(=O)NC(=O)/C(=C\c3ccc(OCc4c(C)ccc5ccccc45)c(Br)c3)C2=O)c1C. The fourth-order valence-corrected chi connectivity index (χ4v) is 5.04. The Morgan fingerprint density at radius 1 is 0.895 bits per heavy atom. The minimum atomic E-state index is -0.764. The Labute approximate surface area is 229 Å². The summed E-state index contributed by atoms with van der Waals surface area (Å²) in [4.78, 5) is 39.5. The minimum absolute atomic E-state index is 0.127. The van der Waals surface area contributed by atoms with Gasteiger partial charge in [0.1, 0.15) is 17.9 Å². The summed E-state index contributed by atoms with van der Waals surface area (Å²) < 4.78 is 6.82. The summed E-state index contributed by atoms with van der Waals surface area (Å²) in [5.74, 6) is -0.772. The Hall–Kier alpha value is -4.23. The average molecular weight is 569 g/mol. The fourth-order valence-electron chi connectivity index (χ4n) is 4.53. The zero-order valence-electron chi connectivity index (χ0n) is 21.2. The van der Waals surface area contributed by atoms with Gasteiger partial charge in [0.15, 0.2) is 0 Å². The third-order valence-corrected chi connectivity index (χ3v) is 7.45. The number of nitrogens with zero attached hydrogens (tertiary/aromatic N) is 1. The van der Waals surface area contributed by atoms with Crippen LogP contribution in [0.3, 0.4) is 0 Å². The molecule has 1 aliphatic rings. The van der Waals surface area contributed by atoms with E-state index in [0.29, 0.717) is 28.1 Å². The topological polar surface area (TPSA) is 75.7 Å². The Morgan fingerprint density at radius 2 is 1.68 bits per heavy atom. The Kier molecular flexibility index (Phi) is 6.87. The van der Waals surface area contributed by atoms with Crippen molar-refractivity contribution in [1.82, 2.24) is 5.32 Å². The quantitative estimate of drug-likeness (QED) is 0.213. The number of urea groups is 1. The number of benzene rings is 4. The van der Waals surface area contributed by atoms with E-state index < -0.39 is 17.8 Å². The van der Waals surface area contributed by atoms with Crippen molar-refractivity contribution in [3.63, 3.8) is 0 Å². The first-order valence-electron chi connectivity index (χ1n) is 12.1. The van der Waals surface area contributed by atoms with E-state index in [1.54, 1.807) is 30.3 Å². The molecule has 0 spiro atoms. The number of carbonyl (C=O) groups is 3. The number of nitrogens with one attached hydrogen (secondary N) is 1. The van der Waals surface area contributed by atoms with Gasteiger partial charge in [-0.3, -0.25) is 14.9 Å². The standard InChI is InChI=1S/C31H25BrN2O4/c1-18-7-6-10-27(20(18)3)34-30(36)24(29(35)33-31(34)37)15-21-12-14-28(26(32)16-21)38-17-25-19(2)11-13-22-8-4-5-9-23(22)25/h4-16H,17H2,1-3H3,(H,33,35,37)/b24-15+. The van der Waals surface area contributed by atoms with Gasteiger partial charge < -0.3 is 4.74 Å². The van der Waals surface area contributed by atoms with Gasteiger partial charge in [-0.05, 0) is 94.0 Å². The number of rotatable bonds is 5. The van der Waals surface area contributed by atoms with Crippen LogP contribution in [-0.2, 0) is 16.2 Å². The molecule has 4 aromatic rings. The number of hydrogen-bond acceptors (Lipinski definition) is 4. The zero-order valence-corrected chi connectivity index (χ0v) is 22.8. The van der Waals surface area contributed by atoms with Crippen LogP contribution in [0.15, 0.2) is 82.8 Å². The zero-order chi connectivity index (χ0) is 27.0. The van der Waals surface area contributed by atoms with Crippen LogP contribution in [0, 0.1) is 20.8 Å². The summed E-state index contributed by atoms with van der Waals surface area (Å²) in [5.41, 5.74) is 4.91. The fraction of sp³-hybridized carbons (Fsp3) is 0.129. The van der Waals surface area contributed by atoms with Gasteiger partial charge in [0.25, 0.3) is 11.8 Å². The number of anilines is 1. The highest BCUT2D eigenvalue weighted by Crippen LogP contribution is 2.31. The molecule has 4 amide bonds. The molecule has 38 heavy (non-hydrogen) atoms. The lowest BCUT2D eigenvalue weighted by molar-refractivity contribution is -0.122. The summed E-state index contributed by atoms with van der Waals surface area (Å²) in [6, 6.07) is 22.3. The lowest BCUT2D eigenvalue weighted by Gasteiger charge is -2.28. The summed E-state index contributed by atoms with van der Waals surface area (Å²) >= 11 is 3.56. The van der Waals surface area contributed by atoms with Crippen LogP contribution in [0.2, 0.25) is 0 Å². The van der Waals surface area contributed by atoms with Gasteiger partial charge in [0.2, 0.25) is 0 Å². The maximum atomic E-state index is 13.3. The number of halogens is 1. The van der Waals surface area contributed by atoms with E-state index in [1.807, 2.05) is 32.0 Å². The number of hydrogen-bond donors (Lipinski definition) is 1. The predicted molar refractivity (Wildman–Crippen MR) is 152 cm³/mol. The first-order valence-corrected chi connectivity index (χ1v) is 12.9. The van der Waals surface area contributed by atoms with Crippen molar-refractivity contribution in [3.05, 3.63) is 111 Å². The first-order chi connectivity index (χ1) is 18.2. The second kappa shape index (κ2) is 10.3. The maximum absolute atomic E-state index is 13.3. The third kappa shape index (κ3) is 4.73. The monoisotopic (exact) mass is 568 g/mol. The molecular weight excluding hydrogens is 544 g/mol. The van der Waals surface area contributed by atoms with E-state index in [9.17, 15) is 14.4 Å². The normalized spacial score (nSPS) is 14.8. The van der Waals surface area contributed by atoms with Crippen LogP contribution in [0.1, 0.15) is 27.8 Å². The van der Waals surface area contributed by atoms with Crippen molar-refractivity contribution in [1.29, 1.82) is 0 Å². The highest BCUT2D eigenvalue weighted by Gasteiger charge is 2.37. The number of imide groups is 2. The molecule has 1 fully saturated rings. The molecule has 7 heteroatoms. The van der Waals surface area contributed by atoms with Gasteiger partial charge in [-0.15, -0.1) is 0 Å². The van der Waals surface area contributed by atoms with E-state index in [-0.39, 0.29) is 5.57 Å². The third-order valence-electron chi connectivity index (χ3n) is 6.83. The second-order valence-electron chi connectivity index (χ2n) is 9.24. The van der Waals surface area contributed by atoms with E-state index in [1.165, 1.54) is 6.08 Å². The Morgan fingerprint density at radius 3 is 2.47 bits per heavy atom. The number of aryl methyl sites for hydroxylation is 2. The molecule has 0 aliphatic carbocycles. The van der Waals surface area contributed by atoms with Crippen LogP contribution in [0.5, 0.6) is 5.75 Å². The molecule has 6 nitrogen and oxygen atoms in total. The van der Waals surface area contributed by atoms with Crippen molar-refractivity contribution in [2.45, 2.75) is 27.4 Å². The number of barbiturate groups is 1. The predicted octanol–water partition coefficient (Wildman–Crippen LogP) is 6.77. The van der Waals surface area contributed by atoms with Crippen LogP contribution in [0.4, 0.5) is 10.5 Å². The molecule has 4 aromatic carbocycles. The molecule has 1 N–H and O–H groups in total. The molecule has 0 aromatic heterocycles. The van der Waals surface area contributed by atoms with Crippen molar-refractivity contribution in [2.24, 2.45) is 0 Å². The molecule has 190 valence electrons. The van der Waals surface area contributed by atoms with Crippen LogP contribution in [0.25, 0.3) is 16.8 Å². The molecule has 0 atom stereocenters. The summed E-state index contributed by atoms with van der Waals surface area (Å²) in [6.07, 6.45) is 1.48. The van der Waals surface area contributed by atoms with Gasteiger partial charge in [-0.1, -0.05) is 54.6 Å². The molecule has 0 saturated carbocycles. The van der Waals surface area contributed by atoms with Crippen LogP contribution >= 0.6 is 15.9 Å². The van der Waals surface area contributed by atoms with Crippen LogP contribution in [-0.4, -0.2) is 17.8 Å². The van der Waals surface area contributed by atoms with E-state index in [4.69, 9.17) is 4.74 Å². The van der Waals surface area contributed by atoms with Crippen LogP contribution < -0.4 is 15.0 Å². The van der Waals surface area contributed by atoms with Gasteiger partial charge in [-0.25, -0.2) is 9.69 Å². The second-order valence-corrected chi connectivity index (χ2v) is 10.1. The smallest absolute Gasteiger partial charge is 0.335 e. The first kappa shape index (κ1) is 25.4. The largest absolute Gasteiger partial charge is 0.488 e. The summed E-state index contributed by atoms with van der Waals surface area (Å²) in [7, 11) is 0. The van der Waals surface area contributed by atoms with E-state index in [0.717, 1.165) is 37.9 Å². The Balaban J connectivity index is 1.41. The van der Waals surface area contributed by atoms with Crippen molar-refractivity contribution >= 4 is 56.3 Å². The highest BCUT2D eigenvalue weighted by atomic mass is 79.9. The molecule has 1 aliphatic heterocycles. The number of fused-ring (bicyclic) bond motifs is 1. The van der Waals surface area contributed by atoms with E-state index in [2.05, 4.69) is 52.4 Å². The summed E-state index contributed by atoms with van der Waals surface area (Å²) in [5, 5.41) is 4.58. The molecule has 0 bridgehead atoms. The lowest BCUT2D eigenvalue weighted by atomic mass is 10.0. The summed E-state index contributed by atoms with van der Waals surface area (Å²) in [6.45, 7) is 6.18. The molecule has 1 heterocycles. The number of ether oxygens (including phenoxy) is 1. The van der Waals surface area contributed by atoms with Gasteiger partial charge >= 0.3 is 6.03 Å². The molecule has 1 saturated heterocycles. The van der Waals surface area contributed by atoms with E-state index >= 15 is 0 Å². The number of carbonyl (C=O) groups excluding carboxylic acids is 3. The molecular formula is C31H25BrN2O4. The molecule has 0 radical (unpaired) electrons. The Bertz CT molecular complexity index is 1660. The average Bonchev–Trinajstić information content (AvgIpc) is 2.89. The van der Waals surface area contributed by atoms with Crippen molar-refractivity contribution in [2.75, 3.05) is 4.90 Å². The highest BCUT2D eigenvalue weighted by molar-refractivity contribution is 9.10. The van der Waals surface area contributed by atoms with Gasteiger partial charge in [0, 0.05) is 5.56 Å². The number of amides is 4. The minimum Gasteiger partial charge on any atom is -0.488 e. The van der Waals surface area contributed by atoms with Gasteiger partial charge in [-0.2, -0.15) is 0 Å².